The van der Waals surface area contributed by atoms with Gasteiger partial charge in [-0.25, -0.2) is 0 Å². The van der Waals surface area contributed by atoms with Crippen LogP contribution in [-0.2, 0) is 0 Å². The molecular weight excluding hydrogens is 409 g/mol. The molecule has 32 heavy (non-hydrogen) atoms. The number of alkyl halides is 3. The summed E-state index contributed by atoms with van der Waals surface area (Å²) in [5, 5.41) is 0. The number of allylic oxidation sites excluding steroid dienone is 1. The third-order valence-electron chi connectivity index (χ3n) is 7.83. The van der Waals surface area contributed by atoms with Crippen molar-refractivity contribution >= 4 is 6.08 Å². The lowest BCUT2D eigenvalue weighted by Crippen LogP contribution is -2.25. The number of hydrogen-bond acceptors (Lipinski definition) is 1. The van der Waals surface area contributed by atoms with E-state index < -0.39 is 6.36 Å². The van der Waals surface area contributed by atoms with E-state index in [0.29, 0.717) is 0 Å². The fourth-order valence-electron chi connectivity index (χ4n) is 5.91. The molecule has 180 valence electrons. The zero-order valence-electron chi connectivity index (χ0n) is 19.7. The third kappa shape index (κ3) is 8.83. The molecule has 4 heteroatoms. The lowest BCUT2D eigenvalue weighted by molar-refractivity contribution is -0.274. The Hall–Kier alpha value is -1.45. The summed E-state index contributed by atoms with van der Waals surface area (Å²) < 4.78 is 40.6. The normalized spacial score (nSPS) is 27.0. The van der Waals surface area contributed by atoms with Gasteiger partial charge in [0.15, 0.2) is 0 Å². The second kappa shape index (κ2) is 12.7. The van der Waals surface area contributed by atoms with Crippen molar-refractivity contribution in [3.8, 4) is 5.75 Å². The van der Waals surface area contributed by atoms with Gasteiger partial charge in [-0.05, 0) is 79.9 Å². The summed E-state index contributed by atoms with van der Waals surface area (Å²) in [5.74, 6) is 3.63. The molecule has 1 nitrogen and oxygen atoms in total. The number of halogens is 3. The zero-order chi connectivity index (χ0) is 22.8. The van der Waals surface area contributed by atoms with Gasteiger partial charge in [0.2, 0.25) is 0 Å². The second-order valence-corrected chi connectivity index (χ2v) is 10.2. The van der Waals surface area contributed by atoms with Crippen molar-refractivity contribution in [1.82, 2.24) is 0 Å². The molecule has 2 aliphatic carbocycles. The van der Waals surface area contributed by atoms with Crippen molar-refractivity contribution < 1.29 is 17.9 Å². The smallest absolute Gasteiger partial charge is 0.406 e. The Morgan fingerprint density at radius 2 is 1.38 bits per heavy atom. The standard InChI is InChI=1S/C28H41F3O/c1-2-3-4-7-22-10-16-25(17-11-22)26-18-12-23(13-19-26)8-5-6-9-24-14-20-27(21-15-24)32-28(29,30)31/h6,9,14-15,20-23,25-26H,2-5,7-8,10-13,16-19H2,1H3/b9-6-. The molecular formula is C28H41F3O. The molecule has 0 unspecified atom stereocenters. The summed E-state index contributed by atoms with van der Waals surface area (Å²) in [6.45, 7) is 2.29. The number of ether oxygens (including phenoxy) is 1. The predicted octanol–water partition coefficient (Wildman–Crippen LogP) is 9.57. The van der Waals surface area contributed by atoms with E-state index in [9.17, 15) is 13.2 Å². The van der Waals surface area contributed by atoms with Crippen LogP contribution < -0.4 is 4.74 Å². The molecule has 0 aromatic heterocycles. The van der Waals surface area contributed by atoms with E-state index in [0.717, 1.165) is 35.7 Å². The Morgan fingerprint density at radius 3 is 1.91 bits per heavy atom. The zero-order valence-corrected chi connectivity index (χ0v) is 19.7. The first-order valence-electron chi connectivity index (χ1n) is 12.9. The van der Waals surface area contributed by atoms with Crippen molar-refractivity contribution in [2.75, 3.05) is 0 Å². The summed E-state index contributed by atoms with van der Waals surface area (Å²) >= 11 is 0. The van der Waals surface area contributed by atoms with Crippen LogP contribution in [0.4, 0.5) is 13.2 Å². The Morgan fingerprint density at radius 1 is 0.812 bits per heavy atom. The van der Waals surface area contributed by atoms with Crippen LogP contribution in [0.1, 0.15) is 102 Å². The Bertz CT molecular complexity index is 663. The topological polar surface area (TPSA) is 9.23 Å². The van der Waals surface area contributed by atoms with Crippen LogP contribution in [0.5, 0.6) is 5.75 Å². The van der Waals surface area contributed by atoms with Gasteiger partial charge < -0.3 is 4.74 Å². The van der Waals surface area contributed by atoms with E-state index >= 15 is 0 Å². The van der Waals surface area contributed by atoms with Crippen LogP contribution in [0.15, 0.2) is 30.3 Å². The van der Waals surface area contributed by atoms with E-state index in [1.807, 2.05) is 6.08 Å². The highest BCUT2D eigenvalue weighted by Gasteiger charge is 2.31. The highest BCUT2D eigenvalue weighted by molar-refractivity contribution is 5.50. The van der Waals surface area contributed by atoms with Gasteiger partial charge in [-0.3, -0.25) is 0 Å². The van der Waals surface area contributed by atoms with Crippen LogP contribution in [-0.4, -0.2) is 6.36 Å². The Kier molecular flexibility index (Phi) is 9.99. The molecule has 0 spiro atoms. The first kappa shape index (κ1) is 25.2. The molecule has 0 saturated heterocycles. The van der Waals surface area contributed by atoms with Gasteiger partial charge in [0.25, 0.3) is 0 Å². The molecule has 0 aliphatic heterocycles. The van der Waals surface area contributed by atoms with E-state index in [1.165, 1.54) is 95.6 Å². The van der Waals surface area contributed by atoms with Crippen molar-refractivity contribution in [1.29, 1.82) is 0 Å². The molecule has 0 amide bonds. The van der Waals surface area contributed by atoms with Gasteiger partial charge in [0.05, 0.1) is 0 Å². The minimum Gasteiger partial charge on any atom is -0.406 e. The van der Waals surface area contributed by atoms with Crippen LogP contribution >= 0.6 is 0 Å². The summed E-state index contributed by atoms with van der Waals surface area (Å²) in [5.41, 5.74) is 0.911. The minimum atomic E-state index is -4.63. The average Bonchev–Trinajstić information content (AvgIpc) is 2.78. The van der Waals surface area contributed by atoms with Gasteiger partial charge in [-0.15, -0.1) is 13.2 Å². The van der Waals surface area contributed by atoms with Gasteiger partial charge in [0, 0.05) is 0 Å². The predicted molar refractivity (Wildman–Crippen MR) is 126 cm³/mol. The number of unbranched alkanes of at least 4 members (excludes halogenated alkanes) is 2. The molecule has 1 aromatic rings. The molecule has 0 bridgehead atoms. The molecule has 3 rings (SSSR count). The molecule has 2 aliphatic rings. The molecule has 1 aromatic carbocycles. The molecule has 0 atom stereocenters. The van der Waals surface area contributed by atoms with Crippen LogP contribution in [0.2, 0.25) is 0 Å². The fraction of sp³-hybridized carbons (Fsp3) is 0.714. The summed E-state index contributed by atoms with van der Waals surface area (Å²) in [4.78, 5) is 0. The van der Waals surface area contributed by atoms with E-state index in [2.05, 4.69) is 17.7 Å². The monoisotopic (exact) mass is 450 g/mol. The highest BCUT2D eigenvalue weighted by Crippen LogP contribution is 2.43. The lowest BCUT2D eigenvalue weighted by Gasteiger charge is -2.38. The van der Waals surface area contributed by atoms with Crippen molar-refractivity contribution in [2.45, 2.75) is 103 Å². The van der Waals surface area contributed by atoms with Gasteiger partial charge in [-0.2, -0.15) is 0 Å². The summed E-state index contributed by atoms with van der Waals surface area (Å²) in [6, 6.07) is 6.07. The quantitative estimate of drug-likeness (QED) is 0.322. The van der Waals surface area contributed by atoms with Crippen LogP contribution in [0, 0.1) is 23.7 Å². The molecule has 0 radical (unpaired) electrons. The van der Waals surface area contributed by atoms with E-state index in [4.69, 9.17) is 0 Å². The first-order chi connectivity index (χ1) is 15.4. The van der Waals surface area contributed by atoms with Crippen molar-refractivity contribution in [2.24, 2.45) is 23.7 Å². The Balaban J connectivity index is 1.29. The fourth-order valence-corrected chi connectivity index (χ4v) is 5.91. The minimum absolute atomic E-state index is 0.170. The van der Waals surface area contributed by atoms with Crippen molar-refractivity contribution in [3.63, 3.8) is 0 Å². The maximum absolute atomic E-state index is 12.2. The van der Waals surface area contributed by atoms with Gasteiger partial charge >= 0.3 is 6.36 Å². The number of benzene rings is 1. The van der Waals surface area contributed by atoms with E-state index in [1.54, 1.807) is 12.1 Å². The highest BCUT2D eigenvalue weighted by atomic mass is 19.4. The average molecular weight is 451 g/mol. The van der Waals surface area contributed by atoms with Gasteiger partial charge in [0.1, 0.15) is 5.75 Å². The van der Waals surface area contributed by atoms with Gasteiger partial charge in [-0.1, -0.05) is 82.6 Å². The van der Waals surface area contributed by atoms with E-state index in [-0.39, 0.29) is 5.75 Å². The van der Waals surface area contributed by atoms with Crippen molar-refractivity contribution in [3.05, 3.63) is 35.9 Å². The first-order valence-corrected chi connectivity index (χ1v) is 12.9. The summed E-state index contributed by atoms with van der Waals surface area (Å²) in [6.07, 6.45) is 18.9. The maximum atomic E-state index is 12.2. The van der Waals surface area contributed by atoms with Crippen LogP contribution in [0.3, 0.4) is 0 Å². The largest absolute Gasteiger partial charge is 0.573 e. The molecule has 0 heterocycles. The molecule has 2 saturated carbocycles. The number of rotatable bonds is 10. The maximum Gasteiger partial charge on any atom is 0.573 e. The second-order valence-electron chi connectivity index (χ2n) is 10.2. The summed E-state index contributed by atoms with van der Waals surface area (Å²) in [7, 11) is 0. The SMILES string of the molecule is CCCCCC1CCC(C2CCC(CC/C=C\c3ccc(OC(F)(F)F)cc3)CC2)CC1. The molecule has 0 N–H and O–H groups in total. The lowest BCUT2D eigenvalue weighted by atomic mass is 9.68. The molecule has 2 fully saturated rings. The Labute approximate surface area is 192 Å². The third-order valence-corrected chi connectivity index (χ3v) is 7.83. The number of hydrogen-bond donors (Lipinski definition) is 0. The van der Waals surface area contributed by atoms with Crippen LogP contribution in [0.25, 0.3) is 6.08 Å².